The Bertz CT molecular complexity index is 452. The molecule has 1 aromatic rings. The van der Waals surface area contributed by atoms with E-state index in [1.165, 1.54) is 16.8 Å². The van der Waals surface area contributed by atoms with Crippen molar-refractivity contribution in [2.75, 3.05) is 13.7 Å². The van der Waals surface area contributed by atoms with E-state index in [2.05, 4.69) is 4.98 Å². The van der Waals surface area contributed by atoms with E-state index in [0.717, 1.165) is 6.42 Å². The SMILES string of the molecule is CC.CCC(COC)OC(C)n1ccc(=O)[nH]c1=O. The van der Waals surface area contributed by atoms with Gasteiger partial charge in [0, 0.05) is 19.4 Å². The maximum absolute atomic E-state index is 11.5. The molecule has 19 heavy (non-hydrogen) atoms. The van der Waals surface area contributed by atoms with Crippen molar-refractivity contribution < 1.29 is 9.47 Å². The Morgan fingerprint density at radius 2 is 2.00 bits per heavy atom. The van der Waals surface area contributed by atoms with Crippen LogP contribution in [0.2, 0.25) is 0 Å². The van der Waals surface area contributed by atoms with Crippen LogP contribution in [0.3, 0.4) is 0 Å². The van der Waals surface area contributed by atoms with Crippen molar-refractivity contribution in [2.45, 2.75) is 46.4 Å². The predicted octanol–water partition coefficient (Wildman–Crippen LogP) is 1.52. The maximum Gasteiger partial charge on any atom is 0.330 e. The van der Waals surface area contributed by atoms with E-state index in [4.69, 9.17) is 9.47 Å². The summed E-state index contributed by atoms with van der Waals surface area (Å²) in [6.07, 6.45) is 1.69. The van der Waals surface area contributed by atoms with Crippen LogP contribution in [0.1, 0.15) is 40.3 Å². The molecule has 0 saturated heterocycles. The lowest BCUT2D eigenvalue weighted by Crippen LogP contribution is -2.33. The van der Waals surface area contributed by atoms with Crippen molar-refractivity contribution >= 4 is 0 Å². The molecule has 6 nitrogen and oxygen atoms in total. The lowest BCUT2D eigenvalue weighted by atomic mass is 10.3. The molecule has 1 aromatic heterocycles. The number of methoxy groups -OCH3 is 1. The number of aromatic nitrogens is 2. The fourth-order valence-corrected chi connectivity index (χ4v) is 1.50. The monoisotopic (exact) mass is 272 g/mol. The van der Waals surface area contributed by atoms with Gasteiger partial charge in [-0.05, 0) is 13.3 Å². The minimum Gasteiger partial charge on any atom is -0.382 e. The van der Waals surface area contributed by atoms with Gasteiger partial charge in [0.05, 0.1) is 12.7 Å². The van der Waals surface area contributed by atoms with E-state index >= 15 is 0 Å². The van der Waals surface area contributed by atoms with Crippen LogP contribution in [0.15, 0.2) is 21.9 Å². The summed E-state index contributed by atoms with van der Waals surface area (Å²) < 4.78 is 12.0. The van der Waals surface area contributed by atoms with Crippen LogP contribution in [0.4, 0.5) is 0 Å². The van der Waals surface area contributed by atoms with Gasteiger partial charge in [-0.2, -0.15) is 0 Å². The quantitative estimate of drug-likeness (QED) is 0.852. The first-order valence-electron chi connectivity index (χ1n) is 6.54. The molecule has 2 atom stereocenters. The van der Waals surface area contributed by atoms with Crippen molar-refractivity contribution in [3.8, 4) is 0 Å². The molecule has 0 aliphatic carbocycles. The van der Waals surface area contributed by atoms with E-state index < -0.39 is 17.5 Å². The van der Waals surface area contributed by atoms with Gasteiger partial charge in [-0.25, -0.2) is 4.79 Å². The molecule has 0 aliphatic rings. The number of ether oxygens (including phenoxy) is 2. The van der Waals surface area contributed by atoms with Crippen LogP contribution < -0.4 is 11.2 Å². The lowest BCUT2D eigenvalue weighted by molar-refractivity contribution is -0.0752. The van der Waals surface area contributed by atoms with Gasteiger partial charge in [-0.3, -0.25) is 14.3 Å². The van der Waals surface area contributed by atoms with E-state index in [1.807, 2.05) is 20.8 Å². The molecule has 1 heterocycles. The van der Waals surface area contributed by atoms with E-state index in [0.29, 0.717) is 6.61 Å². The average Bonchev–Trinajstić information content (AvgIpc) is 2.40. The van der Waals surface area contributed by atoms with Crippen LogP contribution in [-0.2, 0) is 9.47 Å². The summed E-state index contributed by atoms with van der Waals surface area (Å²) in [6, 6.07) is 1.29. The molecule has 110 valence electrons. The molecule has 1 N–H and O–H groups in total. The number of H-pyrrole nitrogens is 1. The van der Waals surface area contributed by atoms with Crippen molar-refractivity contribution in [1.29, 1.82) is 0 Å². The highest BCUT2D eigenvalue weighted by molar-refractivity contribution is 4.83. The zero-order valence-electron chi connectivity index (χ0n) is 12.3. The molecule has 0 amide bonds. The van der Waals surface area contributed by atoms with Gasteiger partial charge in [0.25, 0.3) is 5.56 Å². The number of nitrogens with zero attached hydrogens (tertiary/aromatic N) is 1. The van der Waals surface area contributed by atoms with E-state index in [1.54, 1.807) is 14.0 Å². The minimum atomic E-state index is -0.475. The maximum atomic E-state index is 11.5. The van der Waals surface area contributed by atoms with Crippen molar-refractivity contribution in [3.63, 3.8) is 0 Å². The summed E-state index contributed by atoms with van der Waals surface area (Å²) in [6.45, 7) is 8.20. The molecular weight excluding hydrogens is 248 g/mol. The largest absolute Gasteiger partial charge is 0.382 e. The Morgan fingerprint density at radius 3 is 2.47 bits per heavy atom. The molecular formula is C13H24N2O4. The number of hydrogen-bond donors (Lipinski definition) is 1. The van der Waals surface area contributed by atoms with Crippen LogP contribution in [0, 0.1) is 0 Å². The third-order valence-electron chi connectivity index (χ3n) is 2.44. The highest BCUT2D eigenvalue weighted by Crippen LogP contribution is 2.10. The lowest BCUT2D eigenvalue weighted by Gasteiger charge is -2.21. The second kappa shape index (κ2) is 9.52. The van der Waals surface area contributed by atoms with Crippen molar-refractivity contribution in [1.82, 2.24) is 9.55 Å². The molecule has 6 heteroatoms. The molecule has 0 radical (unpaired) electrons. The normalized spacial score (nSPS) is 13.3. The van der Waals surface area contributed by atoms with Crippen molar-refractivity contribution in [3.05, 3.63) is 33.1 Å². The highest BCUT2D eigenvalue weighted by atomic mass is 16.5. The Kier molecular flexibility index (Phi) is 8.82. The van der Waals surface area contributed by atoms with Gasteiger partial charge in [0.15, 0.2) is 0 Å². The highest BCUT2D eigenvalue weighted by Gasteiger charge is 2.13. The fraction of sp³-hybridized carbons (Fsp3) is 0.692. The van der Waals surface area contributed by atoms with Crippen molar-refractivity contribution in [2.24, 2.45) is 0 Å². The van der Waals surface area contributed by atoms with Gasteiger partial charge in [0.2, 0.25) is 0 Å². The standard InChI is InChI=1S/C11H18N2O4.C2H6/c1-4-9(7-16-3)17-8(2)13-6-5-10(14)12-11(13)15;1-2/h5-6,8-9H,4,7H2,1-3H3,(H,12,14,15);1-2H3. The Labute approximate surface area is 113 Å². The van der Waals surface area contributed by atoms with Gasteiger partial charge in [-0.1, -0.05) is 20.8 Å². The number of hydrogen-bond acceptors (Lipinski definition) is 4. The average molecular weight is 272 g/mol. The van der Waals surface area contributed by atoms with Crippen LogP contribution in [-0.4, -0.2) is 29.4 Å². The van der Waals surface area contributed by atoms with Gasteiger partial charge < -0.3 is 9.47 Å². The summed E-state index contributed by atoms with van der Waals surface area (Å²) in [5.41, 5.74) is -0.889. The first-order chi connectivity index (χ1) is 9.08. The van der Waals surface area contributed by atoms with Gasteiger partial charge in [0.1, 0.15) is 6.23 Å². The summed E-state index contributed by atoms with van der Waals surface area (Å²) >= 11 is 0. The molecule has 0 saturated carbocycles. The summed E-state index contributed by atoms with van der Waals surface area (Å²) in [7, 11) is 1.60. The Morgan fingerprint density at radius 1 is 1.37 bits per heavy atom. The number of aromatic amines is 1. The first-order valence-corrected chi connectivity index (χ1v) is 6.54. The molecule has 1 rings (SSSR count). The molecule has 0 fully saturated rings. The third kappa shape index (κ3) is 5.85. The summed E-state index contributed by atoms with van der Waals surface area (Å²) in [5, 5.41) is 0. The molecule has 0 aromatic carbocycles. The summed E-state index contributed by atoms with van der Waals surface area (Å²) in [4.78, 5) is 24.6. The third-order valence-corrected chi connectivity index (χ3v) is 2.44. The second-order valence-corrected chi connectivity index (χ2v) is 3.74. The Hall–Kier alpha value is -1.40. The smallest absolute Gasteiger partial charge is 0.330 e. The zero-order valence-corrected chi connectivity index (χ0v) is 12.3. The second-order valence-electron chi connectivity index (χ2n) is 3.74. The number of rotatable bonds is 6. The molecule has 0 aliphatic heterocycles. The van der Waals surface area contributed by atoms with E-state index in [-0.39, 0.29) is 6.10 Å². The zero-order chi connectivity index (χ0) is 14.8. The van der Waals surface area contributed by atoms with Crippen LogP contribution >= 0.6 is 0 Å². The van der Waals surface area contributed by atoms with Crippen LogP contribution in [0.25, 0.3) is 0 Å². The summed E-state index contributed by atoms with van der Waals surface area (Å²) in [5.74, 6) is 0. The first kappa shape index (κ1) is 17.6. The topological polar surface area (TPSA) is 73.3 Å². The minimum absolute atomic E-state index is 0.0752. The predicted molar refractivity (Wildman–Crippen MR) is 74.4 cm³/mol. The van der Waals surface area contributed by atoms with E-state index in [9.17, 15) is 9.59 Å². The van der Waals surface area contributed by atoms with Crippen LogP contribution in [0.5, 0.6) is 0 Å². The fourth-order valence-electron chi connectivity index (χ4n) is 1.50. The molecule has 0 bridgehead atoms. The molecule has 0 spiro atoms. The van der Waals surface area contributed by atoms with Gasteiger partial charge in [-0.15, -0.1) is 0 Å². The Balaban J connectivity index is 0.00000154. The number of nitrogens with one attached hydrogen (secondary N) is 1. The molecule has 2 unspecified atom stereocenters. The van der Waals surface area contributed by atoms with Gasteiger partial charge >= 0.3 is 5.69 Å².